The molecule has 0 radical (unpaired) electrons. The van der Waals surface area contributed by atoms with Crippen LogP contribution in [0.3, 0.4) is 0 Å². The van der Waals surface area contributed by atoms with E-state index >= 15 is 0 Å². The number of piperazine rings is 1. The zero-order valence-electron chi connectivity index (χ0n) is 18.3. The molecule has 0 aliphatic carbocycles. The van der Waals surface area contributed by atoms with Gasteiger partial charge in [0.15, 0.2) is 12.4 Å². The lowest BCUT2D eigenvalue weighted by Crippen LogP contribution is -2.50. The molecule has 1 atom stereocenters. The van der Waals surface area contributed by atoms with E-state index in [0.29, 0.717) is 51.3 Å². The average Bonchev–Trinajstić information content (AvgIpc) is 3.54. The number of amides is 2. The highest BCUT2D eigenvalue weighted by Gasteiger charge is 2.37. The third-order valence-corrected chi connectivity index (χ3v) is 6.03. The first-order valence-corrected chi connectivity index (χ1v) is 10.9. The highest BCUT2D eigenvalue weighted by molar-refractivity contribution is 5.95. The fourth-order valence-corrected chi connectivity index (χ4v) is 4.21. The molecule has 0 unspecified atom stereocenters. The van der Waals surface area contributed by atoms with Crippen molar-refractivity contribution in [2.45, 2.75) is 25.1 Å². The molecule has 3 heterocycles. The third-order valence-electron chi connectivity index (χ3n) is 6.03. The van der Waals surface area contributed by atoms with Gasteiger partial charge in [0.1, 0.15) is 6.04 Å². The molecule has 11 heteroatoms. The Labute approximate surface area is 193 Å². The Hall–Kier alpha value is -3.50. The zero-order chi connectivity index (χ0) is 24.3. The van der Waals surface area contributed by atoms with Gasteiger partial charge < -0.3 is 23.9 Å². The van der Waals surface area contributed by atoms with Gasteiger partial charge in [0.05, 0.1) is 11.8 Å². The summed E-state index contributed by atoms with van der Waals surface area (Å²) in [5.74, 6) is -1.30. The molecule has 2 aliphatic heterocycles. The number of halogens is 3. The number of anilines is 1. The number of ether oxygens (including phenoxy) is 1. The molecule has 8 nitrogen and oxygen atoms in total. The molecule has 2 aliphatic rings. The number of rotatable bonds is 5. The topological polar surface area (TPSA) is 83.3 Å². The van der Waals surface area contributed by atoms with E-state index in [1.54, 1.807) is 17.0 Å². The molecule has 4 rings (SSSR count). The van der Waals surface area contributed by atoms with Gasteiger partial charge in [0.25, 0.3) is 11.8 Å². The summed E-state index contributed by atoms with van der Waals surface area (Å²) in [4.78, 5) is 42.3. The Morgan fingerprint density at radius 3 is 2.47 bits per heavy atom. The van der Waals surface area contributed by atoms with Crippen molar-refractivity contribution in [1.82, 2.24) is 9.80 Å². The number of hydrogen-bond acceptors (Lipinski definition) is 6. The minimum atomic E-state index is -4.42. The normalized spacial score (nSPS) is 18.8. The molecule has 0 spiro atoms. The summed E-state index contributed by atoms with van der Waals surface area (Å²) in [6.07, 6.45) is -1.97. The number of alkyl halides is 3. The van der Waals surface area contributed by atoms with Gasteiger partial charge in [0.2, 0.25) is 0 Å². The maximum atomic E-state index is 13.0. The number of furan rings is 1. The number of benzene rings is 1. The van der Waals surface area contributed by atoms with E-state index in [2.05, 4.69) is 0 Å². The monoisotopic (exact) mass is 479 g/mol. The summed E-state index contributed by atoms with van der Waals surface area (Å²) in [7, 11) is 0. The van der Waals surface area contributed by atoms with Gasteiger partial charge >= 0.3 is 12.1 Å². The van der Waals surface area contributed by atoms with Crippen molar-refractivity contribution in [3.05, 3.63) is 54.0 Å². The number of likely N-dealkylation sites (tertiary alicyclic amines) is 1. The van der Waals surface area contributed by atoms with Gasteiger partial charge in [-0.2, -0.15) is 13.2 Å². The maximum Gasteiger partial charge on any atom is 0.416 e. The Balaban J connectivity index is 1.27. The first-order valence-electron chi connectivity index (χ1n) is 10.9. The number of nitrogens with zero attached hydrogens (tertiary/aromatic N) is 3. The zero-order valence-corrected chi connectivity index (χ0v) is 18.3. The van der Waals surface area contributed by atoms with Crippen molar-refractivity contribution < 1.29 is 36.7 Å². The molecule has 1 aromatic carbocycles. The van der Waals surface area contributed by atoms with Gasteiger partial charge in [-0.15, -0.1) is 0 Å². The Kier molecular flexibility index (Phi) is 6.80. The van der Waals surface area contributed by atoms with Crippen molar-refractivity contribution >= 4 is 23.5 Å². The van der Waals surface area contributed by atoms with Crippen LogP contribution in [0.5, 0.6) is 0 Å². The van der Waals surface area contributed by atoms with E-state index in [9.17, 15) is 27.6 Å². The van der Waals surface area contributed by atoms with E-state index in [0.717, 1.165) is 12.1 Å². The summed E-state index contributed by atoms with van der Waals surface area (Å²) in [6, 6.07) is 7.41. The van der Waals surface area contributed by atoms with Crippen molar-refractivity contribution in [3.8, 4) is 0 Å². The van der Waals surface area contributed by atoms with Crippen molar-refractivity contribution in [1.29, 1.82) is 0 Å². The Bertz CT molecular complexity index is 1030. The molecular weight excluding hydrogens is 455 g/mol. The van der Waals surface area contributed by atoms with Crippen LogP contribution in [0.4, 0.5) is 18.9 Å². The summed E-state index contributed by atoms with van der Waals surface area (Å²) >= 11 is 0. The first kappa shape index (κ1) is 23.7. The van der Waals surface area contributed by atoms with Crippen LogP contribution in [0.1, 0.15) is 29.0 Å². The van der Waals surface area contributed by atoms with Gasteiger partial charge in [-0.1, -0.05) is 6.07 Å². The number of carbonyl (C=O) groups is 3. The van der Waals surface area contributed by atoms with Crippen LogP contribution in [-0.4, -0.2) is 73.0 Å². The van der Waals surface area contributed by atoms with Crippen molar-refractivity contribution in [2.24, 2.45) is 0 Å². The number of hydrogen-bond donors (Lipinski definition) is 0. The largest absolute Gasteiger partial charge is 0.459 e. The van der Waals surface area contributed by atoms with E-state index in [1.807, 2.05) is 0 Å². The predicted molar refractivity (Wildman–Crippen MR) is 114 cm³/mol. The molecule has 34 heavy (non-hydrogen) atoms. The SMILES string of the molecule is O=C(OCC(=O)N1CCN(c2cccc(C(F)(F)F)c2)CC1)[C@@H]1CCCN1C(=O)c1ccco1. The molecule has 0 saturated carbocycles. The van der Waals surface area contributed by atoms with Crippen LogP contribution in [0.2, 0.25) is 0 Å². The van der Waals surface area contributed by atoms with E-state index in [1.165, 1.54) is 28.2 Å². The van der Waals surface area contributed by atoms with E-state index < -0.39 is 36.3 Å². The van der Waals surface area contributed by atoms with Gasteiger partial charge in [-0.25, -0.2) is 4.79 Å². The van der Waals surface area contributed by atoms with Crippen LogP contribution in [0.15, 0.2) is 47.1 Å². The quantitative estimate of drug-likeness (QED) is 0.614. The molecule has 0 bridgehead atoms. The van der Waals surface area contributed by atoms with Gasteiger partial charge in [-0.3, -0.25) is 9.59 Å². The molecule has 2 amide bonds. The lowest BCUT2D eigenvalue weighted by atomic mass is 10.1. The average molecular weight is 479 g/mol. The number of carbonyl (C=O) groups excluding carboxylic acids is 3. The molecule has 2 fully saturated rings. The Morgan fingerprint density at radius 1 is 1.03 bits per heavy atom. The molecule has 0 N–H and O–H groups in total. The molecule has 1 aromatic heterocycles. The first-order chi connectivity index (χ1) is 16.2. The fraction of sp³-hybridized carbons (Fsp3) is 0.435. The van der Waals surface area contributed by atoms with Crippen molar-refractivity contribution in [2.75, 3.05) is 44.2 Å². The Morgan fingerprint density at radius 2 is 1.79 bits per heavy atom. The van der Waals surface area contributed by atoms with Crippen LogP contribution in [-0.2, 0) is 20.5 Å². The fourth-order valence-electron chi connectivity index (χ4n) is 4.21. The van der Waals surface area contributed by atoms with Crippen LogP contribution in [0.25, 0.3) is 0 Å². The van der Waals surface area contributed by atoms with Crippen molar-refractivity contribution in [3.63, 3.8) is 0 Å². The van der Waals surface area contributed by atoms with E-state index in [-0.39, 0.29) is 11.7 Å². The molecule has 182 valence electrons. The second-order valence-corrected chi connectivity index (χ2v) is 8.16. The summed E-state index contributed by atoms with van der Waals surface area (Å²) in [6.45, 7) is 1.23. The number of esters is 1. The van der Waals surface area contributed by atoms with E-state index in [4.69, 9.17) is 9.15 Å². The molecule has 2 saturated heterocycles. The molecular formula is C23H24F3N3O5. The summed E-state index contributed by atoms with van der Waals surface area (Å²) in [5, 5.41) is 0. The lowest BCUT2D eigenvalue weighted by Gasteiger charge is -2.36. The lowest BCUT2D eigenvalue weighted by molar-refractivity contribution is -0.155. The molecule has 2 aromatic rings. The smallest absolute Gasteiger partial charge is 0.416 e. The van der Waals surface area contributed by atoms with Crippen LogP contribution >= 0.6 is 0 Å². The predicted octanol–water partition coefficient (Wildman–Crippen LogP) is 2.80. The van der Waals surface area contributed by atoms with Crippen LogP contribution < -0.4 is 4.90 Å². The summed E-state index contributed by atoms with van der Waals surface area (Å²) < 4.78 is 49.2. The minimum Gasteiger partial charge on any atom is -0.459 e. The second-order valence-electron chi connectivity index (χ2n) is 8.16. The third kappa shape index (κ3) is 5.18. The second kappa shape index (κ2) is 9.78. The maximum absolute atomic E-state index is 13.0. The van der Waals surface area contributed by atoms with Gasteiger partial charge in [-0.05, 0) is 43.2 Å². The standard InChI is InChI=1S/C23H24F3N3O5/c24-23(25,26)16-4-1-5-17(14-16)27-9-11-28(12-10-27)20(30)15-34-22(32)18-6-2-8-29(18)21(31)19-7-3-13-33-19/h1,3-5,7,13-14,18H,2,6,8-12,15H2/t18-/m0/s1. The van der Waals surface area contributed by atoms with Crippen LogP contribution in [0, 0.1) is 0 Å². The minimum absolute atomic E-state index is 0.134. The highest BCUT2D eigenvalue weighted by atomic mass is 19.4. The summed E-state index contributed by atoms with van der Waals surface area (Å²) in [5.41, 5.74) is -0.280. The highest BCUT2D eigenvalue weighted by Crippen LogP contribution is 2.32. The van der Waals surface area contributed by atoms with Gasteiger partial charge in [0, 0.05) is 38.4 Å².